The minimum absolute atomic E-state index is 0.280. The first-order valence-electron chi connectivity index (χ1n) is 12.7. The molecule has 7 rings (SSSR count). The molecule has 1 heteroatoms. The molecule has 3 aliphatic rings. The van der Waals surface area contributed by atoms with E-state index in [4.69, 9.17) is 0 Å². The molecule has 2 unspecified atom stereocenters. The molecule has 2 atom stereocenters. The van der Waals surface area contributed by atoms with E-state index in [1.54, 1.807) is 5.20 Å². The Balaban J connectivity index is 1.57. The fraction of sp³-hybridized carbons (Fsp3) is 0.0857. The van der Waals surface area contributed by atoms with Gasteiger partial charge in [-0.05, 0) is 55.6 Å². The molecule has 170 valence electrons. The Kier molecular flexibility index (Phi) is 4.84. The second-order valence-electron chi connectivity index (χ2n) is 10.1. The highest BCUT2D eigenvalue weighted by Crippen LogP contribution is 2.52. The summed E-state index contributed by atoms with van der Waals surface area (Å²) in [5.74, 6) is 3.95. The minimum atomic E-state index is -2.48. The SMILES string of the molecule is C[Si](C#Cc1ccccc1)(C1=c2ccccc2=C2C=CC=CC21)C1c2ccccc2-c2ccccc21. The summed E-state index contributed by atoms with van der Waals surface area (Å²) in [6.45, 7) is 2.52. The molecule has 0 N–H and O–H groups in total. The highest BCUT2D eigenvalue weighted by Gasteiger charge is 2.49. The van der Waals surface area contributed by atoms with Crippen LogP contribution in [0.5, 0.6) is 0 Å². The lowest BCUT2D eigenvalue weighted by Gasteiger charge is -2.35. The summed E-state index contributed by atoms with van der Waals surface area (Å²) in [5.41, 5.74) is 12.4. The van der Waals surface area contributed by atoms with Gasteiger partial charge < -0.3 is 0 Å². The molecule has 0 aromatic heterocycles. The number of hydrogen-bond acceptors (Lipinski definition) is 0. The van der Waals surface area contributed by atoms with Gasteiger partial charge in [0.15, 0.2) is 8.07 Å². The molecule has 4 aromatic rings. The summed E-state index contributed by atoms with van der Waals surface area (Å²) < 4.78 is 0. The van der Waals surface area contributed by atoms with E-state index >= 15 is 0 Å². The number of hydrogen-bond donors (Lipinski definition) is 0. The summed E-state index contributed by atoms with van der Waals surface area (Å²) in [5, 5.41) is 4.32. The Labute approximate surface area is 213 Å². The summed E-state index contributed by atoms with van der Waals surface area (Å²) in [7, 11) is -2.48. The van der Waals surface area contributed by atoms with Gasteiger partial charge in [-0.25, -0.2) is 0 Å². The molecule has 3 aliphatic carbocycles. The third-order valence-corrected chi connectivity index (χ3v) is 12.2. The Hall–Kier alpha value is -4.12. The van der Waals surface area contributed by atoms with Gasteiger partial charge >= 0.3 is 0 Å². The Morgan fingerprint density at radius 1 is 0.639 bits per heavy atom. The maximum atomic E-state index is 4.03. The van der Waals surface area contributed by atoms with Crippen LogP contribution in [0.3, 0.4) is 0 Å². The Bertz CT molecular complexity index is 1720. The first-order chi connectivity index (χ1) is 17.8. The maximum Gasteiger partial charge on any atom is 0.175 e. The van der Waals surface area contributed by atoms with Crippen LogP contribution < -0.4 is 10.4 Å². The molecule has 0 spiro atoms. The smallest absolute Gasteiger partial charge is 0.120 e. The lowest BCUT2D eigenvalue weighted by atomic mass is 9.97. The molecule has 0 aliphatic heterocycles. The normalized spacial score (nSPS) is 18.5. The van der Waals surface area contributed by atoms with Crippen LogP contribution in [-0.2, 0) is 0 Å². The van der Waals surface area contributed by atoms with Gasteiger partial charge in [-0.2, -0.15) is 0 Å². The van der Waals surface area contributed by atoms with Crippen molar-refractivity contribution in [2.75, 3.05) is 0 Å². The highest BCUT2D eigenvalue weighted by molar-refractivity contribution is 7.02. The second kappa shape index (κ2) is 8.23. The van der Waals surface area contributed by atoms with Gasteiger partial charge in [0.1, 0.15) is 0 Å². The fourth-order valence-electron chi connectivity index (χ4n) is 6.59. The van der Waals surface area contributed by atoms with Crippen LogP contribution in [0, 0.1) is 17.4 Å². The Morgan fingerprint density at radius 3 is 1.97 bits per heavy atom. The lowest BCUT2D eigenvalue weighted by molar-refractivity contribution is 1.10. The van der Waals surface area contributed by atoms with Crippen molar-refractivity contribution >= 4 is 18.8 Å². The monoisotopic (exact) mass is 474 g/mol. The van der Waals surface area contributed by atoms with E-state index in [0.717, 1.165) is 5.56 Å². The molecular weight excluding hydrogens is 448 g/mol. The van der Waals surface area contributed by atoms with E-state index in [9.17, 15) is 0 Å². The molecule has 0 amide bonds. The zero-order chi connectivity index (χ0) is 24.1. The molecule has 0 heterocycles. The lowest BCUT2D eigenvalue weighted by Crippen LogP contribution is -2.44. The largest absolute Gasteiger partial charge is 0.175 e. The fourth-order valence-corrected chi connectivity index (χ4v) is 11.0. The number of fused-ring (bicyclic) bond motifs is 5. The highest BCUT2D eigenvalue weighted by atomic mass is 28.3. The average molecular weight is 475 g/mol. The third-order valence-electron chi connectivity index (χ3n) is 8.08. The first kappa shape index (κ1) is 21.2. The minimum Gasteiger partial charge on any atom is -0.120 e. The van der Waals surface area contributed by atoms with Crippen LogP contribution in [-0.4, -0.2) is 8.07 Å². The number of rotatable bonds is 2. The first-order valence-corrected chi connectivity index (χ1v) is 15.3. The van der Waals surface area contributed by atoms with E-state index in [1.165, 1.54) is 38.3 Å². The topological polar surface area (TPSA) is 0 Å². The van der Waals surface area contributed by atoms with E-state index < -0.39 is 8.07 Å². The summed E-state index contributed by atoms with van der Waals surface area (Å²) in [4.78, 5) is 0. The van der Waals surface area contributed by atoms with E-state index in [-0.39, 0.29) is 11.5 Å². The van der Waals surface area contributed by atoms with Crippen LogP contribution in [0.4, 0.5) is 0 Å². The van der Waals surface area contributed by atoms with Crippen molar-refractivity contribution in [3.05, 3.63) is 155 Å². The van der Waals surface area contributed by atoms with Crippen LogP contribution in [0.1, 0.15) is 22.2 Å². The van der Waals surface area contributed by atoms with Gasteiger partial charge in [0, 0.05) is 17.0 Å². The van der Waals surface area contributed by atoms with Crippen LogP contribution in [0.25, 0.3) is 21.9 Å². The van der Waals surface area contributed by atoms with Gasteiger partial charge in [0.05, 0.1) is 0 Å². The molecular formula is C35H26Si. The van der Waals surface area contributed by atoms with Gasteiger partial charge in [-0.3, -0.25) is 0 Å². The zero-order valence-corrected chi connectivity index (χ0v) is 21.3. The predicted molar refractivity (Wildman–Crippen MR) is 153 cm³/mol. The van der Waals surface area contributed by atoms with Crippen molar-refractivity contribution in [1.29, 1.82) is 0 Å². The van der Waals surface area contributed by atoms with E-state index in [0.29, 0.717) is 0 Å². The molecule has 0 saturated carbocycles. The summed E-state index contributed by atoms with van der Waals surface area (Å²) >= 11 is 0. The van der Waals surface area contributed by atoms with Crippen molar-refractivity contribution in [3.8, 4) is 22.6 Å². The van der Waals surface area contributed by atoms with Crippen LogP contribution >= 0.6 is 0 Å². The van der Waals surface area contributed by atoms with Gasteiger partial charge in [0.25, 0.3) is 0 Å². The van der Waals surface area contributed by atoms with Crippen LogP contribution in [0.15, 0.2) is 127 Å². The molecule has 0 bridgehead atoms. The van der Waals surface area contributed by atoms with E-state index in [2.05, 4.69) is 145 Å². The van der Waals surface area contributed by atoms with Crippen molar-refractivity contribution in [1.82, 2.24) is 0 Å². The van der Waals surface area contributed by atoms with Crippen molar-refractivity contribution < 1.29 is 0 Å². The number of benzene rings is 4. The third kappa shape index (κ3) is 3.08. The molecule has 0 nitrogen and oxygen atoms in total. The van der Waals surface area contributed by atoms with Crippen molar-refractivity contribution in [3.63, 3.8) is 0 Å². The molecule has 4 aromatic carbocycles. The standard InChI is InChI=1S/C35H26Si/c1-36(24-23-25-13-3-2-4-14-25,34-30-19-9-5-15-26(30)27-16-6-10-20-31(27)34)35-32-21-11-7-17-28(32)29-18-8-12-22-33(29)35/h2-22,30,35H,1H3. The van der Waals surface area contributed by atoms with Gasteiger partial charge in [-0.15, -0.1) is 5.54 Å². The zero-order valence-electron chi connectivity index (χ0n) is 20.3. The molecule has 0 radical (unpaired) electrons. The van der Waals surface area contributed by atoms with E-state index in [1.807, 2.05) is 0 Å². The molecule has 0 saturated heterocycles. The average Bonchev–Trinajstić information content (AvgIpc) is 3.46. The van der Waals surface area contributed by atoms with Crippen LogP contribution in [0.2, 0.25) is 6.55 Å². The van der Waals surface area contributed by atoms with Gasteiger partial charge in [-0.1, -0.05) is 128 Å². The quantitative estimate of drug-likeness (QED) is 0.236. The number of allylic oxidation sites excluding steroid dienone is 4. The predicted octanol–water partition coefficient (Wildman–Crippen LogP) is 6.30. The Morgan fingerprint density at radius 2 is 1.25 bits per heavy atom. The van der Waals surface area contributed by atoms with Crippen molar-refractivity contribution in [2.24, 2.45) is 5.92 Å². The second-order valence-corrected chi connectivity index (χ2v) is 13.8. The summed E-state index contributed by atoms with van der Waals surface area (Å²) in [6, 6.07) is 37.5. The molecule has 36 heavy (non-hydrogen) atoms. The summed E-state index contributed by atoms with van der Waals surface area (Å²) in [6.07, 6.45) is 9.11. The van der Waals surface area contributed by atoms with Gasteiger partial charge in [0.2, 0.25) is 0 Å². The van der Waals surface area contributed by atoms with Crippen molar-refractivity contribution in [2.45, 2.75) is 12.1 Å². The molecule has 0 fully saturated rings. The maximum absolute atomic E-state index is 4.03.